The molecule has 0 radical (unpaired) electrons. The zero-order valence-electron chi connectivity index (χ0n) is 8.13. The van der Waals surface area contributed by atoms with Gasteiger partial charge >= 0.3 is 0 Å². The fourth-order valence-corrected chi connectivity index (χ4v) is 2.31. The SMILES string of the molecule is COCC1COc2c(Br)cccc2C1. The maximum absolute atomic E-state index is 5.69. The van der Waals surface area contributed by atoms with Crippen molar-refractivity contribution in [3.05, 3.63) is 28.2 Å². The van der Waals surface area contributed by atoms with E-state index in [0.717, 1.165) is 29.9 Å². The first-order valence-electron chi connectivity index (χ1n) is 4.70. The van der Waals surface area contributed by atoms with Gasteiger partial charge in [0.05, 0.1) is 17.7 Å². The second-order valence-electron chi connectivity index (χ2n) is 3.56. The Bertz CT molecular complexity index is 325. The molecule has 1 aliphatic rings. The van der Waals surface area contributed by atoms with Crippen LogP contribution in [0.3, 0.4) is 0 Å². The Kier molecular flexibility index (Phi) is 3.08. The molecule has 1 aliphatic heterocycles. The van der Waals surface area contributed by atoms with Crippen LogP contribution in [-0.4, -0.2) is 20.3 Å². The summed E-state index contributed by atoms with van der Waals surface area (Å²) in [6, 6.07) is 6.17. The molecule has 2 rings (SSSR count). The number of fused-ring (bicyclic) bond motifs is 1. The van der Waals surface area contributed by atoms with E-state index in [2.05, 4.69) is 22.0 Å². The lowest BCUT2D eigenvalue weighted by atomic mass is 9.98. The monoisotopic (exact) mass is 256 g/mol. The standard InChI is InChI=1S/C11H13BrO2/c1-13-6-8-5-9-3-2-4-10(12)11(9)14-7-8/h2-4,8H,5-7H2,1H3. The molecule has 14 heavy (non-hydrogen) atoms. The number of hydrogen-bond donors (Lipinski definition) is 0. The number of halogens is 1. The lowest BCUT2D eigenvalue weighted by Gasteiger charge is -2.25. The molecule has 0 saturated heterocycles. The average Bonchev–Trinajstić information content (AvgIpc) is 2.18. The Balaban J connectivity index is 2.18. The summed E-state index contributed by atoms with van der Waals surface area (Å²) in [7, 11) is 1.73. The van der Waals surface area contributed by atoms with Crippen molar-refractivity contribution in [2.45, 2.75) is 6.42 Å². The van der Waals surface area contributed by atoms with Crippen molar-refractivity contribution in [2.24, 2.45) is 5.92 Å². The summed E-state index contributed by atoms with van der Waals surface area (Å²) in [4.78, 5) is 0. The first-order chi connectivity index (χ1) is 6.81. The predicted octanol–water partition coefficient (Wildman–Crippen LogP) is 2.65. The quantitative estimate of drug-likeness (QED) is 0.810. The normalized spacial score (nSPS) is 20.0. The molecule has 0 aliphatic carbocycles. The summed E-state index contributed by atoms with van der Waals surface area (Å²) in [6.07, 6.45) is 1.04. The molecule has 0 aromatic heterocycles. The van der Waals surface area contributed by atoms with Crippen LogP contribution in [0.5, 0.6) is 5.75 Å². The summed E-state index contributed by atoms with van der Waals surface area (Å²) in [6.45, 7) is 1.52. The first-order valence-corrected chi connectivity index (χ1v) is 5.49. The molecule has 0 spiro atoms. The van der Waals surface area contributed by atoms with E-state index in [9.17, 15) is 0 Å². The van der Waals surface area contributed by atoms with Gasteiger partial charge in [-0.3, -0.25) is 0 Å². The van der Waals surface area contributed by atoms with E-state index in [1.54, 1.807) is 7.11 Å². The van der Waals surface area contributed by atoms with Crippen LogP contribution >= 0.6 is 15.9 Å². The van der Waals surface area contributed by atoms with E-state index in [0.29, 0.717) is 5.92 Å². The molecule has 0 N–H and O–H groups in total. The minimum Gasteiger partial charge on any atom is -0.492 e. The molecular formula is C11H13BrO2. The van der Waals surface area contributed by atoms with Crippen molar-refractivity contribution in [1.29, 1.82) is 0 Å². The maximum Gasteiger partial charge on any atom is 0.136 e. The lowest BCUT2D eigenvalue weighted by molar-refractivity contribution is 0.107. The number of para-hydroxylation sites is 1. The van der Waals surface area contributed by atoms with Crippen molar-refractivity contribution in [3.63, 3.8) is 0 Å². The molecule has 2 nitrogen and oxygen atoms in total. The van der Waals surface area contributed by atoms with Crippen molar-refractivity contribution in [3.8, 4) is 5.75 Å². The van der Waals surface area contributed by atoms with Gasteiger partial charge in [-0.15, -0.1) is 0 Å². The number of rotatable bonds is 2. The van der Waals surface area contributed by atoms with E-state index in [4.69, 9.17) is 9.47 Å². The van der Waals surface area contributed by atoms with Crippen LogP contribution in [0.4, 0.5) is 0 Å². The van der Waals surface area contributed by atoms with Crippen molar-refractivity contribution >= 4 is 15.9 Å². The van der Waals surface area contributed by atoms with E-state index < -0.39 is 0 Å². The largest absolute Gasteiger partial charge is 0.492 e. The Hall–Kier alpha value is -0.540. The molecule has 1 atom stereocenters. The highest BCUT2D eigenvalue weighted by Gasteiger charge is 2.20. The van der Waals surface area contributed by atoms with Crippen molar-refractivity contribution in [2.75, 3.05) is 20.3 Å². The minimum atomic E-state index is 0.488. The second kappa shape index (κ2) is 4.32. The van der Waals surface area contributed by atoms with E-state index >= 15 is 0 Å². The summed E-state index contributed by atoms with van der Waals surface area (Å²) < 4.78 is 11.9. The van der Waals surface area contributed by atoms with Gasteiger partial charge in [0.2, 0.25) is 0 Å². The van der Waals surface area contributed by atoms with Crippen LogP contribution in [0.15, 0.2) is 22.7 Å². The second-order valence-corrected chi connectivity index (χ2v) is 4.42. The molecule has 0 bridgehead atoms. The zero-order chi connectivity index (χ0) is 9.97. The molecule has 1 unspecified atom stereocenters. The lowest BCUT2D eigenvalue weighted by Crippen LogP contribution is -2.24. The first kappa shape index (κ1) is 9.99. The molecule has 76 valence electrons. The molecule has 1 aromatic rings. The third kappa shape index (κ3) is 1.93. The summed E-state index contributed by atoms with van der Waals surface area (Å²) >= 11 is 3.48. The van der Waals surface area contributed by atoms with Gasteiger partial charge in [0.25, 0.3) is 0 Å². The van der Waals surface area contributed by atoms with Gasteiger partial charge in [0.15, 0.2) is 0 Å². The summed E-state index contributed by atoms with van der Waals surface area (Å²) in [5.41, 5.74) is 1.27. The van der Waals surface area contributed by atoms with Crippen LogP contribution in [0.25, 0.3) is 0 Å². The third-order valence-electron chi connectivity index (χ3n) is 2.42. The molecule has 1 heterocycles. The minimum absolute atomic E-state index is 0.488. The van der Waals surface area contributed by atoms with Gasteiger partial charge in [0.1, 0.15) is 5.75 Å². The highest BCUT2D eigenvalue weighted by atomic mass is 79.9. The van der Waals surface area contributed by atoms with Crippen LogP contribution < -0.4 is 4.74 Å². The molecule has 0 saturated carbocycles. The highest BCUT2D eigenvalue weighted by molar-refractivity contribution is 9.10. The Labute approximate surface area is 92.3 Å². The topological polar surface area (TPSA) is 18.5 Å². The van der Waals surface area contributed by atoms with Crippen molar-refractivity contribution in [1.82, 2.24) is 0 Å². The fraction of sp³-hybridized carbons (Fsp3) is 0.455. The van der Waals surface area contributed by atoms with Gasteiger partial charge in [-0.2, -0.15) is 0 Å². The van der Waals surface area contributed by atoms with Gasteiger partial charge in [-0.1, -0.05) is 12.1 Å². The molecule has 3 heteroatoms. The van der Waals surface area contributed by atoms with Crippen LogP contribution in [-0.2, 0) is 11.2 Å². The Morgan fingerprint density at radius 1 is 1.57 bits per heavy atom. The van der Waals surface area contributed by atoms with E-state index in [1.165, 1.54) is 5.56 Å². The van der Waals surface area contributed by atoms with Crippen LogP contribution in [0.1, 0.15) is 5.56 Å². The smallest absolute Gasteiger partial charge is 0.136 e. The van der Waals surface area contributed by atoms with Gasteiger partial charge in [-0.25, -0.2) is 0 Å². The number of ether oxygens (including phenoxy) is 2. The summed E-state index contributed by atoms with van der Waals surface area (Å²) in [5, 5.41) is 0. The summed E-state index contributed by atoms with van der Waals surface area (Å²) in [5.74, 6) is 1.49. The average molecular weight is 257 g/mol. The van der Waals surface area contributed by atoms with E-state index in [-0.39, 0.29) is 0 Å². The van der Waals surface area contributed by atoms with Crippen molar-refractivity contribution < 1.29 is 9.47 Å². The highest BCUT2D eigenvalue weighted by Crippen LogP contribution is 2.34. The number of benzene rings is 1. The van der Waals surface area contributed by atoms with Crippen LogP contribution in [0, 0.1) is 5.92 Å². The number of methoxy groups -OCH3 is 1. The van der Waals surface area contributed by atoms with Crippen LogP contribution in [0.2, 0.25) is 0 Å². The third-order valence-corrected chi connectivity index (χ3v) is 3.05. The molecule has 1 aromatic carbocycles. The fourth-order valence-electron chi connectivity index (χ4n) is 1.79. The molecule has 0 amide bonds. The number of hydrogen-bond acceptors (Lipinski definition) is 2. The zero-order valence-corrected chi connectivity index (χ0v) is 9.71. The predicted molar refractivity (Wildman–Crippen MR) is 58.7 cm³/mol. The maximum atomic E-state index is 5.69. The van der Waals surface area contributed by atoms with Gasteiger partial charge in [-0.05, 0) is 34.0 Å². The Morgan fingerprint density at radius 2 is 2.43 bits per heavy atom. The van der Waals surface area contributed by atoms with Gasteiger partial charge < -0.3 is 9.47 Å². The van der Waals surface area contributed by atoms with E-state index in [1.807, 2.05) is 12.1 Å². The Morgan fingerprint density at radius 3 is 3.21 bits per heavy atom. The van der Waals surface area contributed by atoms with Gasteiger partial charge in [0, 0.05) is 13.0 Å². The molecule has 0 fully saturated rings. The molecular weight excluding hydrogens is 244 g/mol.